The van der Waals surface area contributed by atoms with Crippen LogP contribution in [0.2, 0.25) is 0 Å². The molecule has 0 spiro atoms. The molecule has 15 heavy (non-hydrogen) atoms. The summed E-state index contributed by atoms with van der Waals surface area (Å²) < 4.78 is 36.8. The molecule has 2 nitrogen and oxygen atoms in total. The van der Waals surface area contributed by atoms with Crippen LogP contribution in [-0.2, 0) is 6.18 Å². The van der Waals surface area contributed by atoms with Gasteiger partial charge in [-0.05, 0) is 12.5 Å². The SMILES string of the molecule is C=C/C=C(\C)c1cncc(C(F)(F)F)n1. The molecule has 0 fully saturated rings. The smallest absolute Gasteiger partial charge is 0.260 e. The van der Waals surface area contributed by atoms with Crippen LogP contribution >= 0.6 is 0 Å². The van der Waals surface area contributed by atoms with Crippen molar-refractivity contribution in [1.82, 2.24) is 9.97 Å². The van der Waals surface area contributed by atoms with Gasteiger partial charge in [-0.1, -0.05) is 18.7 Å². The fourth-order valence-corrected chi connectivity index (χ4v) is 0.955. The lowest BCUT2D eigenvalue weighted by atomic mass is 10.2. The third-order valence-corrected chi connectivity index (χ3v) is 1.70. The molecule has 0 radical (unpaired) electrons. The molecule has 0 aliphatic carbocycles. The molecular weight excluding hydrogens is 205 g/mol. The van der Waals surface area contributed by atoms with Gasteiger partial charge in [-0.3, -0.25) is 4.98 Å². The summed E-state index contributed by atoms with van der Waals surface area (Å²) in [4.78, 5) is 6.96. The van der Waals surface area contributed by atoms with E-state index in [1.807, 2.05) is 0 Å². The van der Waals surface area contributed by atoms with Gasteiger partial charge in [0.1, 0.15) is 0 Å². The number of nitrogens with zero attached hydrogens (tertiary/aromatic N) is 2. The second-order valence-electron chi connectivity index (χ2n) is 2.87. The highest BCUT2D eigenvalue weighted by Gasteiger charge is 2.33. The van der Waals surface area contributed by atoms with Gasteiger partial charge in [0.15, 0.2) is 5.69 Å². The Morgan fingerprint density at radius 1 is 1.40 bits per heavy atom. The van der Waals surface area contributed by atoms with Crippen LogP contribution in [-0.4, -0.2) is 9.97 Å². The minimum Gasteiger partial charge on any atom is -0.260 e. The van der Waals surface area contributed by atoms with Crippen molar-refractivity contribution in [2.75, 3.05) is 0 Å². The molecule has 0 unspecified atom stereocenters. The van der Waals surface area contributed by atoms with E-state index in [1.165, 1.54) is 12.3 Å². The number of alkyl halides is 3. The van der Waals surface area contributed by atoms with Crippen molar-refractivity contribution in [3.63, 3.8) is 0 Å². The van der Waals surface area contributed by atoms with Gasteiger partial charge < -0.3 is 0 Å². The van der Waals surface area contributed by atoms with Gasteiger partial charge in [0, 0.05) is 0 Å². The Labute approximate surface area is 85.2 Å². The first-order valence-electron chi connectivity index (χ1n) is 4.14. The average Bonchev–Trinajstić information content (AvgIpc) is 2.17. The molecule has 0 saturated carbocycles. The Bertz CT molecular complexity index is 394. The summed E-state index contributed by atoms with van der Waals surface area (Å²) in [6.45, 7) is 5.10. The van der Waals surface area contributed by atoms with Crippen molar-refractivity contribution in [3.8, 4) is 0 Å². The monoisotopic (exact) mass is 214 g/mol. The highest BCUT2D eigenvalue weighted by atomic mass is 19.4. The molecule has 1 aromatic heterocycles. The highest BCUT2D eigenvalue weighted by molar-refractivity contribution is 5.61. The first kappa shape index (κ1) is 11.4. The molecule has 80 valence electrons. The van der Waals surface area contributed by atoms with E-state index in [0.717, 1.165) is 0 Å². The maximum atomic E-state index is 12.3. The molecule has 1 rings (SSSR count). The van der Waals surface area contributed by atoms with Crippen molar-refractivity contribution in [1.29, 1.82) is 0 Å². The van der Waals surface area contributed by atoms with E-state index in [-0.39, 0.29) is 5.69 Å². The van der Waals surface area contributed by atoms with Gasteiger partial charge in [0.05, 0.1) is 18.1 Å². The number of rotatable bonds is 2. The molecule has 0 amide bonds. The van der Waals surface area contributed by atoms with Gasteiger partial charge >= 0.3 is 6.18 Å². The fourth-order valence-electron chi connectivity index (χ4n) is 0.955. The third-order valence-electron chi connectivity index (χ3n) is 1.70. The quantitative estimate of drug-likeness (QED) is 0.707. The fraction of sp³-hybridized carbons (Fsp3) is 0.200. The Morgan fingerprint density at radius 2 is 2.07 bits per heavy atom. The molecule has 0 aliphatic heterocycles. The second kappa shape index (κ2) is 4.25. The molecule has 0 aromatic carbocycles. The maximum absolute atomic E-state index is 12.3. The summed E-state index contributed by atoms with van der Waals surface area (Å²) in [6.07, 6.45) is 0.578. The Balaban J connectivity index is 3.14. The minimum absolute atomic E-state index is 0.199. The molecule has 0 aliphatic rings. The average molecular weight is 214 g/mol. The molecule has 0 atom stereocenters. The zero-order chi connectivity index (χ0) is 11.5. The number of allylic oxidation sites excluding steroid dienone is 3. The lowest BCUT2D eigenvalue weighted by Crippen LogP contribution is -2.09. The van der Waals surface area contributed by atoms with Crippen LogP contribution in [0.25, 0.3) is 5.57 Å². The van der Waals surface area contributed by atoms with Crippen LogP contribution in [0, 0.1) is 0 Å². The lowest BCUT2D eigenvalue weighted by molar-refractivity contribution is -0.141. The Hall–Kier alpha value is -1.65. The van der Waals surface area contributed by atoms with Crippen molar-refractivity contribution < 1.29 is 13.2 Å². The predicted octanol–water partition coefficient (Wildman–Crippen LogP) is 3.08. The van der Waals surface area contributed by atoms with Crippen molar-refractivity contribution >= 4 is 5.57 Å². The highest BCUT2D eigenvalue weighted by Crippen LogP contribution is 2.27. The zero-order valence-electron chi connectivity index (χ0n) is 8.04. The molecule has 1 aromatic rings. The van der Waals surface area contributed by atoms with Crippen molar-refractivity contribution in [2.24, 2.45) is 0 Å². The van der Waals surface area contributed by atoms with E-state index in [9.17, 15) is 13.2 Å². The van der Waals surface area contributed by atoms with E-state index in [4.69, 9.17) is 0 Å². The summed E-state index contributed by atoms with van der Waals surface area (Å²) in [5.74, 6) is 0. The standard InChI is InChI=1S/C10H9F3N2/c1-3-4-7(2)8-5-14-6-9(15-8)10(11,12)13/h3-6H,1H2,2H3/b7-4+. The number of aromatic nitrogens is 2. The van der Waals surface area contributed by atoms with Crippen molar-refractivity contribution in [2.45, 2.75) is 13.1 Å². The zero-order valence-corrected chi connectivity index (χ0v) is 8.04. The van der Waals surface area contributed by atoms with Gasteiger partial charge in [-0.25, -0.2) is 4.98 Å². The summed E-state index contributed by atoms with van der Waals surface area (Å²) in [6, 6.07) is 0. The first-order valence-corrected chi connectivity index (χ1v) is 4.14. The van der Waals surface area contributed by atoms with E-state index in [0.29, 0.717) is 11.8 Å². The van der Waals surface area contributed by atoms with E-state index in [1.54, 1.807) is 13.0 Å². The van der Waals surface area contributed by atoms with Crippen LogP contribution in [0.4, 0.5) is 13.2 Å². The summed E-state index contributed by atoms with van der Waals surface area (Å²) in [5, 5.41) is 0. The third kappa shape index (κ3) is 2.90. The molecule has 1 heterocycles. The molecule has 0 saturated heterocycles. The minimum atomic E-state index is -4.46. The molecule has 5 heteroatoms. The number of hydrogen-bond acceptors (Lipinski definition) is 2. The van der Waals surface area contributed by atoms with Gasteiger partial charge in [-0.2, -0.15) is 13.2 Å². The topological polar surface area (TPSA) is 25.8 Å². The van der Waals surface area contributed by atoms with Crippen LogP contribution in [0.15, 0.2) is 31.1 Å². The van der Waals surface area contributed by atoms with E-state index < -0.39 is 11.9 Å². The Kier molecular flexibility index (Phi) is 3.24. The summed E-state index contributed by atoms with van der Waals surface area (Å²) >= 11 is 0. The summed E-state index contributed by atoms with van der Waals surface area (Å²) in [7, 11) is 0. The summed E-state index contributed by atoms with van der Waals surface area (Å²) in [5.41, 5.74) is -0.204. The molecule has 0 bridgehead atoms. The van der Waals surface area contributed by atoms with Crippen LogP contribution in [0.3, 0.4) is 0 Å². The van der Waals surface area contributed by atoms with E-state index in [2.05, 4.69) is 16.5 Å². The normalized spacial score (nSPS) is 12.7. The second-order valence-corrected chi connectivity index (χ2v) is 2.87. The predicted molar refractivity (Wildman–Crippen MR) is 50.9 cm³/mol. The van der Waals surface area contributed by atoms with Gasteiger partial charge in [0.2, 0.25) is 0 Å². The largest absolute Gasteiger partial charge is 0.434 e. The van der Waals surface area contributed by atoms with Crippen LogP contribution in [0.5, 0.6) is 0 Å². The number of halogens is 3. The first-order chi connectivity index (χ1) is 6.95. The maximum Gasteiger partial charge on any atom is 0.434 e. The van der Waals surface area contributed by atoms with Crippen molar-refractivity contribution in [3.05, 3.63) is 42.5 Å². The van der Waals surface area contributed by atoms with Gasteiger partial charge in [0.25, 0.3) is 0 Å². The van der Waals surface area contributed by atoms with Gasteiger partial charge in [-0.15, -0.1) is 0 Å². The van der Waals surface area contributed by atoms with Crippen LogP contribution < -0.4 is 0 Å². The molecule has 0 N–H and O–H groups in total. The molecular formula is C10H9F3N2. The Morgan fingerprint density at radius 3 is 2.60 bits per heavy atom. The lowest BCUT2D eigenvalue weighted by Gasteiger charge is -2.06. The van der Waals surface area contributed by atoms with Crippen LogP contribution in [0.1, 0.15) is 18.3 Å². The number of hydrogen-bond donors (Lipinski definition) is 0. The van der Waals surface area contributed by atoms with E-state index >= 15 is 0 Å².